The van der Waals surface area contributed by atoms with Gasteiger partial charge in [0.05, 0.1) is 0 Å². The van der Waals surface area contributed by atoms with Gasteiger partial charge in [-0.15, -0.1) is 19.0 Å². The molecule has 146 valence electrons. The Hall–Kier alpha value is -1.93. The van der Waals surface area contributed by atoms with Crippen molar-refractivity contribution < 1.29 is 19.2 Å². The Morgan fingerprint density at radius 3 is 2.27 bits per heavy atom. The van der Waals surface area contributed by atoms with E-state index >= 15 is 0 Å². The van der Waals surface area contributed by atoms with Crippen LogP contribution in [-0.2, 0) is 14.4 Å². The second-order valence-corrected chi connectivity index (χ2v) is 6.37. The Kier molecular flexibility index (Phi) is 9.29. The van der Waals surface area contributed by atoms with Gasteiger partial charge in [-0.25, -0.2) is 9.69 Å². The highest BCUT2D eigenvalue weighted by Crippen LogP contribution is 2.16. The minimum absolute atomic E-state index is 0. The van der Waals surface area contributed by atoms with Gasteiger partial charge in [0, 0.05) is 25.7 Å². The molecule has 26 heavy (non-hydrogen) atoms. The summed E-state index contributed by atoms with van der Waals surface area (Å²) >= 11 is 0. The number of nitrogens with zero attached hydrogens (tertiary/aromatic N) is 2. The quantitative estimate of drug-likeness (QED) is 0.211. The van der Waals surface area contributed by atoms with Crippen molar-refractivity contribution in [2.75, 3.05) is 26.2 Å². The van der Waals surface area contributed by atoms with Gasteiger partial charge in [-0.2, -0.15) is 0 Å². The van der Waals surface area contributed by atoms with Crippen molar-refractivity contribution in [2.45, 2.75) is 44.6 Å². The molecular weight excluding hydrogens is 360 g/mol. The summed E-state index contributed by atoms with van der Waals surface area (Å²) in [6.07, 6.45) is 8.71. The molecule has 0 radical (unpaired) electrons. The van der Waals surface area contributed by atoms with E-state index in [1.807, 2.05) is 0 Å². The lowest BCUT2D eigenvalue weighted by molar-refractivity contribution is -0.143. The lowest BCUT2D eigenvalue weighted by atomic mass is 10.1. The summed E-state index contributed by atoms with van der Waals surface area (Å²) in [5.74, 6) is -2.36. The van der Waals surface area contributed by atoms with Gasteiger partial charge in [0.2, 0.25) is 5.91 Å². The summed E-state index contributed by atoms with van der Waals surface area (Å²) in [6, 6.07) is -0.284. The Labute approximate surface area is 159 Å². The Balaban J connectivity index is 0.00000338. The van der Waals surface area contributed by atoms with Gasteiger partial charge in [-0.3, -0.25) is 19.3 Å². The first-order valence-electron chi connectivity index (χ1n) is 8.83. The number of halogens is 1. The van der Waals surface area contributed by atoms with Crippen LogP contribution in [0.5, 0.6) is 0 Å². The molecule has 9 heteroatoms. The molecule has 1 heterocycles. The van der Waals surface area contributed by atoms with Crippen molar-refractivity contribution in [2.24, 2.45) is 0 Å². The van der Waals surface area contributed by atoms with E-state index in [-0.39, 0.29) is 19.0 Å². The molecule has 2 aliphatic rings. The molecule has 8 nitrogen and oxygen atoms in total. The fourth-order valence-electron chi connectivity index (χ4n) is 3.14. The van der Waals surface area contributed by atoms with Crippen LogP contribution in [-0.4, -0.2) is 65.8 Å². The fourth-order valence-corrected chi connectivity index (χ4v) is 3.14. The first kappa shape index (κ1) is 22.1. The molecule has 1 saturated carbocycles. The van der Waals surface area contributed by atoms with E-state index in [1.165, 1.54) is 31.8 Å². The molecule has 1 aliphatic carbocycles. The Morgan fingerprint density at radius 1 is 1.04 bits per heavy atom. The predicted molar refractivity (Wildman–Crippen MR) is 98.8 cm³/mol. The fraction of sp³-hybridized carbons (Fsp3) is 0.647. The molecule has 5 amide bonds. The van der Waals surface area contributed by atoms with Gasteiger partial charge < -0.3 is 10.6 Å². The van der Waals surface area contributed by atoms with Crippen molar-refractivity contribution in [1.29, 1.82) is 0 Å². The molecule has 0 spiro atoms. The number of carbonyl (C=O) groups excluding carboxylic acids is 4. The second-order valence-electron chi connectivity index (χ2n) is 6.37. The molecule has 2 fully saturated rings. The van der Waals surface area contributed by atoms with Crippen LogP contribution in [0, 0.1) is 0 Å². The second kappa shape index (κ2) is 10.9. The number of amides is 5. The molecule has 0 atom stereocenters. The van der Waals surface area contributed by atoms with Crippen molar-refractivity contribution in [3.63, 3.8) is 0 Å². The standard InChI is InChI=1S/C17H26N4O4.ClH/c1-2-11-20-15(23)16(24)21(17(20)25)12-14(22)19-10-9-18-13-7-5-3-4-6-8-13;/h2,13,18H,1,3-12H2,(H,19,22);1H. The summed E-state index contributed by atoms with van der Waals surface area (Å²) in [5, 5.41) is 6.09. The van der Waals surface area contributed by atoms with Crippen LogP contribution in [0.4, 0.5) is 4.79 Å². The molecule has 0 bridgehead atoms. The third kappa shape index (κ3) is 5.81. The highest BCUT2D eigenvalue weighted by molar-refractivity contribution is 6.45. The van der Waals surface area contributed by atoms with Crippen LogP contribution in [0.1, 0.15) is 38.5 Å². The summed E-state index contributed by atoms with van der Waals surface area (Å²) in [7, 11) is 0. The Bertz CT molecular complexity index is 547. The highest BCUT2D eigenvalue weighted by Gasteiger charge is 2.44. The van der Waals surface area contributed by atoms with Gasteiger partial charge in [-0.1, -0.05) is 31.8 Å². The number of hydrogen-bond acceptors (Lipinski definition) is 5. The number of hydrogen-bond donors (Lipinski definition) is 2. The highest BCUT2D eigenvalue weighted by atomic mass is 35.5. The third-order valence-electron chi connectivity index (χ3n) is 4.48. The average molecular weight is 387 g/mol. The van der Waals surface area contributed by atoms with Crippen molar-refractivity contribution in [1.82, 2.24) is 20.4 Å². The molecule has 0 aromatic carbocycles. The van der Waals surface area contributed by atoms with Crippen LogP contribution >= 0.6 is 12.4 Å². The van der Waals surface area contributed by atoms with Gasteiger partial charge in [0.1, 0.15) is 6.54 Å². The number of rotatable bonds is 8. The zero-order valence-electron chi connectivity index (χ0n) is 14.9. The summed E-state index contributed by atoms with van der Waals surface area (Å²) in [6.45, 7) is 3.99. The molecule has 1 saturated heterocycles. The molecule has 1 aliphatic heterocycles. The van der Waals surface area contributed by atoms with Crippen molar-refractivity contribution in [3.8, 4) is 0 Å². The van der Waals surface area contributed by atoms with E-state index in [9.17, 15) is 19.2 Å². The maximum absolute atomic E-state index is 12.0. The van der Waals surface area contributed by atoms with Gasteiger partial charge in [0.15, 0.2) is 0 Å². The van der Waals surface area contributed by atoms with E-state index < -0.39 is 30.3 Å². The minimum atomic E-state index is -0.974. The van der Waals surface area contributed by atoms with Crippen LogP contribution in [0.25, 0.3) is 0 Å². The zero-order valence-corrected chi connectivity index (χ0v) is 15.7. The maximum atomic E-state index is 12.0. The molecule has 2 rings (SSSR count). The van der Waals surface area contributed by atoms with E-state index in [0.717, 1.165) is 17.7 Å². The first-order valence-corrected chi connectivity index (χ1v) is 8.83. The van der Waals surface area contributed by atoms with Gasteiger partial charge >= 0.3 is 17.8 Å². The van der Waals surface area contributed by atoms with E-state index in [4.69, 9.17) is 0 Å². The smallest absolute Gasteiger partial charge is 0.335 e. The summed E-state index contributed by atoms with van der Waals surface area (Å²) in [5.41, 5.74) is 0. The van der Waals surface area contributed by atoms with E-state index in [1.54, 1.807) is 0 Å². The summed E-state index contributed by atoms with van der Waals surface area (Å²) < 4.78 is 0. The maximum Gasteiger partial charge on any atom is 0.335 e. The number of imide groups is 2. The van der Waals surface area contributed by atoms with Crippen LogP contribution in [0.3, 0.4) is 0 Å². The third-order valence-corrected chi connectivity index (χ3v) is 4.48. The lowest BCUT2D eigenvalue weighted by Crippen LogP contribution is -2.43. The average Bonchev–Trinajstić information content (AvgIpc) is 2.82. The molecule has 2 N–H and O–H groups in total. The van der Waals surface area contributed by atoms with E-state index in [0.29, 0.717) is 24.0 Å². The molecule has 0 aromatic heterocycles. The number of nitrogens with one attached hydrogen (secondary N) is 2. The SMILES string of the molecule is C=CCN1C(=O)C(=O)N(CC(=O)NCCNC2CCCCCC2)C1=O.Cl. The number of carbonyl (C=O) groups is 4. The van der Waals surface area contributed by atoms with Crippen LogP contribution in [0.2, 0.25) is 0 Å². The zero-order chi connectivity index (χ0) is 18.2. The molecule has 0 unspecified atom stereocenters. The predicted octanol–water partition coefficient (Wildman–Crippen LogP) is 0.814. The minimum Gasteiger partial charge on any atom is -0.353 e. The summed E-state index contributed by atoms with van der Waals surface area (Å²) in [4.78, 5) is 48.8. The monoisotopic (exact) mass is 386 g/mol. The normalized spacial score (nSPS) is 18.5. The van der Waals surface area contributed by atoms with Gasteiger partial charge in [0.25, 0.3) is 0 Å². The molecular formula is C17H27ClN4O4. The Morgan fingerprint density at radius 2 is 1.65 bits per heavy atom. The van der Waals surface area contributed by atoms with Crippen LogP contribution in [0.15, 0.2) is 12.7 Å². The van der Waals surface area contributed by atoms with E-state index in [2.05, 4.69) is 17.2 Å². The van der Waals surface area contributed by atoms with Gasteiger partial charge in [-0.05, 0) is 12.8 Å². The van der Waals surface area contributed by atoms with Crippen LogP contribution < -0.4 is 10.6 Å². The number of urea groups is 1. The molecule has 0 aromatic rings. The van der Waals surface area contributed by atoms with Crippen molar-refractivity contribution in [3.05, 3.63) is 12.7 Å². The topological polar surface area (TPSA) is 98.8 Å². The van der Waals surface area contributed by atoms with Crippen molar-refractivity contribution >= 4 is 36.2 Å². The first-order chi connectivity index (χ1) is 12.0. The largest absolute Gasteiger partial charge is 0.353 e. The lowest BCUT2D eigenvalue weighted by Gasteiger charge is -2.17.